The Kier molecular flexibility index (Phi) is 9.65. The molecule has 0 spiro atoms. The van der Waals surface area contributed by atoms with Crippen molar-refractivity contribution in [2.24, 2.45) is 5.10 Å². The van der Waals surface area contributed by atoms with E-state index in [1.54, 1.807) is 87.5 Å². The van der Waals surface area contributed by atoms with Crippen molar-refractivity contribution in [3.05, 3.63) is 88.9 Å². The molecule has 0 saturated heterocycles. The quantitative estimate of drug-likeness (QED) is 0.208. The summed E-state index contributed by atoms with van der Waals surface area (Å²) in [6.45, 7) is 4.63. The minimum absolute atomic E-state index is 0.0631. The molecule has 200 valence electrons. The van der Waals surface area contributed by atoms with Gasteiger partial charge in [-0.1, -0.05) is 34.1 Å². The lowest BCUT2D eigenvalue weighted by Crippen LogP contribution is -2.39. The topological polar surface area (TPSA) is 114 Å². The second-order valence-corrected chi connectivity index (χ2v) is 11.8. The maximum absolute atomic E-state index is 13.3. The van der Waals surface area contributed by atoms with Crippen LogP contribution in [-0.2, 0) is 24.3 Å². The maximum Gasteiger partial charge on any atom is 0.344 e. The first-order valence-electron chi connectivity index (χ1n) is 11.5. The third-order valence-corrected chi connectivity index (χ3v) is 7.11. The van der Waals surface area contributed by atoms with E-state index in [2.05, 4.69) is 26.5 Å². The number of amides is 1. The number of nitrogens with one attached hydrogen (secondary N) is 1. The van der Waals surface area contributed by atoms with Crippen LogP contribution in [0.25, 0.3) is 0 Å². The second kappa shape index (κ2) is 12.7. The summed E-state index contributed by atoms with van der Waals surface area (Å²) in [6, 6.07) is 21.2. The lowest BCUT2D eigenvalue weighted by molar-refractivity contribution is -0.157. The number of rotatable bonds is 10. The van der Waals surface area contributed by atoms with Gasteiger partial charge < -0.3 is 9.47 Å². The van der Waals surface area contributed by atoms with Gasteiger partial charge in [-0.25, -0.2) is 18.6 Å². The first-order chi connectivity index (χ1) is 17.9. The molecule has 0 bridgehead atoms. The Bertz CT molecular complexity index is 1370. The summed E-state index contributed by atoms with van der Waals surface area (Å²) in [4.78, 5) is 24.5. The van der Waals surface area contributed by atoms with Crippen molar-refractivity contribution in [1.82, 2.24) is 5.43 Å². The van der Waals surface area contributed by atoms with Crippen molar-refractivity contribution in [1.29, 1.82) is 0 Å². The summed E-state index contributed by atoms with van der Waals surface area (Å²) >= 11 is 3.33. The van der Waals surface area contributed by atoms with Gasteiger partial charge in [-0.05, 0) is 87.0 Å². The number of carbonyl (C=O) groups excluding carboxylic acids is 2. The van der Waals surface area contributed by atoms with Gasteiger partial charge in [0.25, 0.3) is 15.9 Å². The first kappa shape index (κ1) is 28.9. The largest absolute Gasteiger partial charge is 0.482 e. The number of halogens is 1. The van der Waals surface area contributed by atoms with E-state index in [1.807, 2.05) is 0 Å². The Hall–Kier alpha value is -3.70. The van der Waals surface area contributed by atoms with Crippen molar-refractivity contribution in [2.45, 2.75) is 31.3 Å². The molecule has 0 aliphatic rings. The van der Waals surface area contributed by atoms with E-state index in [-0.39, 0.29) is 11.5 Å². The van der Waals surface area contributed by atoms with Crippen molar-refractivity contribution in [3.8, 4) is 5.75 Å². The van der Waals surface area contributed by atoms with Crippen molar-refractivity contribution in [2.75, 3.05) is 17.5 Å². The van der Waals surface area contributed by atoms with Crippen LogP contribution >= 0.6 is 15.9 Å². The number of carbonyl (C=O) groups is 2. The van der Waals surface area contributed by atoms with Gasteiger partial charge in [-0.2, -0.15) is 5.10 Å². The van der Waals surface area contributed by atoms with Gasteiger partial charge in [0.2, 0.25) is 0 Å². The van der Waals surface area contributed by atoms with Gasteiger partial charge in [0.1, 0.15) is 17.9 Å². The van der Waals surface area contributed by atoms with Crippen molar-refractivity contribution < 1.29 is 27.5 Å². The molecular weight excluding hydrogens is 574 g/mol. The summed E-state index contributed by atoms with van der Waals surface area (Å²) in [7, 11) is -4.01. The highest BCUT2D eigenvalue weighted by Gasteiger charge is 2.27. The van der Waals surface area contributed by atoms with Crippen LogP contribution < -0.4 is 14.5 Å². The van der Waals surface area contributed by atoms with Gasteiger partial charge in [0.15, 0.2) is 6.61 Å². The Morgan fingerprint density at radius 2 is 1.61 bits per heavy atom. The predicted octanol–water partition coefficient (Wildman–Crippen LogP) is 4.52. The SMILES string of the molecule is CC(C)(C)OC(=O)COc1ccc(/C=N\NC(=O)CN(c2ccc(Br)cc2)S(=O)(=O)c2ccccc2)cc1. The van der Waals surface area contributed by atoms with Gasteiger partial charge in [-0.15, -0.1) is 0 Å². The van der Waals surface area contributed by atoms with E-state index in [1.165, 1.54) is 18.3 Å². The van der Waals surface area contributed by atoms with E-state index in [9.17, 15) is 18.0 Å². The molecule has 3 aromatic rings. The summed E-state index contributed by atoms with van der Waals surface area (Å²) in [6.07, 6.45) is 1.41. The fourth-order valence-corrected chi connectivity index (χ4v) is 4.86. The fourth-order valence-electron chi connectivity index (χ4n) is 3.15. The molecule has 0 heterocycles. The number of ether oxygens (including phenoxy) is 2. The predicted molar refractivity (Wildman–Crippen MR) is 149 cm³/mol. The zero-order valence-electron chi connectivity index (χ0n) is 21.1. The van der Waals surface area contributed by atoms with E-state index < -0.39 is 34.0 Å². The minimum atomic E-state index is -4.01. The molecule has 0 fully saturated rings. The third kappa shape index (κ3) is 8.70. The molecule has 1 amide bonds. The Balaban J connectivity index is 1.63. The average Bonchev–Trinajstić information content (AvgIpc) is 2.87. The van der Waals surface area contributed by atoms with Crippen LogP contribution in [0.1, 0.15) is 26.3 Å². The molecule has 0 radical (unpaired) electrons. The fraction of sp³-hybridized carbons (Fsp3) is 0.222. The van der Waals surface area contributed by atoms with Crippen LogP contribution in [0.2, 0.25) is 0 Å². The van der Waals surface area contributed by atoms with Gasteiger partial charge in [-0.3, -0.25) is 9.10 Å². The molecule has 3 rings (SSSR count). The monoisotopic (exact) mass is 601 g/mol. The summed E-state index contributed by atoms with van der Waals surface area (Å²) in [5, 5.41) is 3.93. The third-order valence-electron chi connectivity index (χ3n) is 4.79. The maximum atomic E-state index is 13.3. The normalized spacial score (nSPS) is 11.7. The molecule has 0 aliphatic heterocycles. The molecule has 0 aliphatic carbocycles. The summed E-state index contributed by atoms with van der Waals surface area (Å²) in [5.41, 5.74) is 2.76. The lowest BCUT2D eigenvalue weighted by atomic mass is 10.2. The Labute approximate surface area is 230 Å². The standard InChI is InChI=1S/C27H28BrN3O6S/c1-27(2,3)37-26(33)19-36-23-15-9-20(10-16-23)17-29-30-25(32)18-31(22-13-11-21(28)12-14-22)38(34,35)24-7-5-4-6-8-24/h4-17H,18-19H2,1-3H3,(H,30,32)/b29-17-. The zero-order chi connectivity index (χ0) is 27.8. The molecule has 11 heteroatoms. The molecule has 0 aromatic heterocycles. The minimum Gasteiger partial charge on any atom is -0.482 e. The number of hydrazone groups is 1. The summed E-state index contributed by atoms with van der Waals surface area (Å²) in [5.74, 6) is -0.633. The molecule has 1 N–H and O–H groups in total. The number of nitrogens with zero attached hydrogens (tertiary/aromatic N) is 2. The molecule has 38 heavy (non-hydrogen) atoms. The van der Waals surface area contributed by atoms with Crippen molar-refractivity contribution in [3.63, 3.8) is 0 Å². The number of benzene rings is 3. The highest BCUT2D eigenvalue weighted by molar-refractivity contribution is 9.10. The number of anilines is 1. The van der Waals surface area contributed by atoms with Crippen LogP contribution in [0.15, 0.2) is 93.3 Å². The zero-order valence-corrected chi connectivity index (χ0v) is 23.5. The smallest absolute Gasteiger partial charge is 0.344 e. The highest BCUT2D eigenvalue weighted by Crippen LogP contribution is 2.25. The Morgan fingerprint density at radius 3 is 2.21 bits per heavy atom. The molecular formula is C27H28BrN3O6S. The Morgan fingerprint density at radius 1 is 0.974 bits per heavy atom. The first-order valence-corrected chi connectivity index (χ1v) is 13.8. The van der Waals surface area contributed by atoms with Crippen LogP contribution in [0.4, 0.5) is 5.69 Å². The van der Waals surface area contributed by atoms with E-state index in [0.717, 1.165) is 8.78 Å². The molecule has 9 nitrogen and oxygen atoms in total. The summed E-state index contributed by atoms with van der Waals surface area (Å²) < 4.78 is 39.0. The van der Waals surface area contributed by atoms with Crippen molar-refractivity contribution >= 4 is 49.7 Å². The molecule has 3 aromatic carbocycles. The van der Waals surface area contributed by atoms with Gasteiger partial charge in [0.05, 0.1) is 16.8 Å². The number of esters is 1. The number of hydrogen-bond donors (Lipinski definition) is 1. The van der Waals surface area contributed by atoms with Crippen LogP contribution in [0.5, 0.6) is 5.75 Å². The number of sulfonamides is 1. The van der Waals surface area contributed by atoms with E-state index in [0.29, 0.717) is 17.0 Å². The van der Waals surface area contributed by atoms with E-state index in [4.69, 9.17) is 9.47 Å². The molecule has 0 atom stereocenters. The highest BCUT2D eigenvalue weighted by atomic mass is 79.9. The van der Waals surface area contributed by atoms with Crippen LogP contribution in [0.3, 0.4) is 0 Å². The average molecular weight is 603 g/mol. The number of hydrogen-bond acceptors (Lipinski definition) is 7. The molecule has 0 saturated carbocycles. The second-order valence-electron chi connectivity index (χ2n) is 9.04. The molecule has 0 unspecified atom stereocenters. The van der Waals surface area contributed by atoms with E-state index >= 15 is 0 Å². The van der Waals surface area contributed by atoms with Crippen LogP contribution in [0, 0.1) is 0 Å². The van der Waals surface area contributed by atoms with Gasteiger partial charge in [0, 0.05) is 4.47 Å². The lowest BCUT2D eigenvalue weighted by Gasteiger charge is -2.23. The van der Waals surface area contributed by atoms with Crippen LogP contribution in [-0.4, -0.2) is 45.3 Å². The van der Waals surface area contributed by atoms with Gasteiger partial charge >= 0.3 is 5.97 Å².